The van der Waals surface area contributed by atoms with Crippen LogP contribution in [0.25, 0.3) is 0 Å². The van der Waals surface area contributed by atoms with Gasteiger partial charge in [0.05, 0.1) is 25.9 Å². The van der Waals surface area contributed by atoms with Crippen LogP contribution in [0, 0.1) is 11.8 Å². The van der Waals surface area contributed by atoms with Crippen LogP contribution in [0.2, 0.25) is 0 Å². The van der Waals surface area contributed by atoms with E-state index in [1.807, 2.05) is 27.7 Å². The first-order valence-electron chi connectivity index (χ1n) is 10.1. The Morgan fingerprint density at radius 3 is 2.22 bits per heavy atom. The lowest BCUT2D eigenvalue weighted by Crippen LogP contribution is -2.28. The molecule has 1 fully saturated rings. The predicted molar refractivity (Wildman–Crippen MR) is 109 cm³/mol. The van der Waals surface area contributed by atoms with E-state index in [9.17, 15) is 14.4 Å². The Balaban J connectivity index is -0.000000519. The summed E-state index contributed by atoms with van der Waals surface area (Å²) in [6, 6.07) is 0. The van der Waals surface area contributed by atoms with Gasteiger partial charge in [0, 0.05) is 34.1 Å². The van der Waals surface area contributed by atoms with Crippen LogP contribution in [-0.2, 0) is 23.9 Å². The Kier molecular flexibility index (Phi) is 14.7. The number of hydrogen-bond acceptors (Lipinski definition) is 5. The first-order valence-corrected chi connectivity index (χ1v) is 10.1. The van der Waals surface area contributed by atoms with E-state index in [2.05, 4.69) is 5.32 Å². The monoisotopic (exact) mass is 390 g/mol. The summed E-state index contributed by atoms with van der Waals surface area (Å²) in [6.45, 7) is 9.53. The number of Topliss-reactive ketones (excluding diaryl/α,β-unsaturated/α-hetero) is 1. The van der Waals surface area contributed by atoms with Crippen molar-refractivity contribution in [2.75, 3.05) is 26.4 Å². The molecular formula is C20H42N2O5. The fourth-order valence-corrected chi connectivity index (χ4v) is 2.26. The molecule has 3 N–H and O–H groups in total. The molecule has 1 rings (SSSR count). The minimum absolute atomic E-state index is 0. The molecule has 0 spiro atoms. The molecule has 0 heterocycles. The van der Waals surface area contributed by atoms with Crippen molar-refractivity contribution in [1.29, 1.82) is 0 Å². The standard InChI is InChI=1S/C12H24N2O4.C8H14O.2H2/c1-3-10(2)18-8-5-12(16)14-6-9-17-7-4-11(13)15;1-6(2)8(9)7-4-3-5-7;;/h10H,3-9H2,1-2H3,(H2,13,15)(H,14,16);6-7H,3-5H2,1-2H3;2*1H. The zero-order chi connectivity index (χ0) is 20.7. The van der Waals surface area contributed by atoms with E-state index in [1.54, 1.807) is 0 Å². The largest absolute Gasteiger partial charge is 0.379 e. The smallest absolute Gasteiger partial charge is 0.222 e. The first kappa shape index (κ1) is 25.5. The molecular weight excluding hydrogens is 348 g/mol. The Bertz CT molecular complexity index is 447. The number of amides is 2. The third-order valence-electron chi connectivity index (χ3n) is 4.44. The van der Waals surface area contributed by atoms with Gasteiger partial charge in [-0.3, -0.25) is 14.4 Å². The zero-order valence-electron chi connectivity index (χ0n) is 17.4. The third kappa shape index (κ3) is 14.3. The maximum Gasteiger partial charge on any atom is 0.222 e. The van der Waals surface area contributed by atoms with E-state index >= 15 is 0 Å². The van der Waals surface area contributed by atoms with Gasteiger partial charge in [0.25, 0.3) is 0 Å². The van der Waals surface area contributed by atoms with Crippen molar-refractivity contribution in [3.63, 3.8) is 0 Å². The summed E-state index contributed by atoms with van der Waals surface area (Å²) >= 11 is 0. The predicted octanol–water partition coefficient (Wildman–Crippen LogP) is 2.70. The summed E-state index contributed by atoms with van der Waals surface area (Å²) in [7, 11) is 0. The normalized spacial score (nSPS) is 14.7. The molecule has 7 nitrogen and oxygen atoms in total. The summed E-state index contributed by atoms with van der Waals surface area (Å²) in [4.78, 5) is 32.9. The molecule has 0 aliphatic heterocycles. The van der Waals surface area contributed by atoms with Crippen LogP contribution in [-0.4, -0.2) is 50.1 Å². The summed E-state index contributed by atoms with van der Waals surface area (Å²) < 4.78 is 10.5. The van der Waals surface area contributed by atoms with Gasteiger partial charge in [-0.25, -0.2) is 0 Å². The number of rotatable bonds is 13. The van der Waals surface area contributed by atoms with Gasteiger partial charge in [-0.05, 0) is 26.2 Å². The van der Waals surface area contributed by atoms with Crippen molar-refractivity contribution in [2.45, 2.75) is 72.3 Å². The van der Waals surface area contributed by atoms with Crippen LogP contribution in [0.4, 0.5) is 0 Å². The number of hydrogen-bond donors (Lipinski definition) is 2. The molecule has 0 bridgehead atoms. The molecule has 0 radical (unpaired) electrons. The number of ether oxygens (including phenoxy) is 2. The number of carbonyl (C=O) groups excluding carboxylic acids is 3. The molecule has 1 atom stereocenters. The highest BCUT2D eigenvalue weighted by Gasteiger charge is 2.26. The van der Waals surface area contributed by atoms with Crippen molar-refractivity contribution in [2.24, 2.45) is 17.6 Å². The maximum absolute atomic E-state index is 11.3. The minimum atomic E-state index is -0.388. The summed E-state index contributed by atoms with van der Waals surface area (Å²) in [6.07, 6.45) is 5.25. The van der Waals surface area contributed by atoms with Crippen LogP contribution in [0.3, 0.4) is 0 Å². The number of primary amides is 1. The van der Waals surface area contributed by atoms with Crippen molar-refractivity contribution in [1.82, 2.24) is 5.32 Å². The van der Waals surface area contributed by atoms with Gasteiger partial charge in [0.15, 0.2) is 0 Å². The van der Waals surface area contributed by atoms with E-state index in [-0.39, 0.29) is 33.1 Å². The van der Waals surface area contributed by atoms with Crippen molar-refractivity contribution < 1.29 is 26.7 Å². The van der Waals surface area contributed by atoms with E-state index < -0.39 is 0 Å². The van der Waals surface area contributed by atoms with Crippen LogP contribution >= 0.6 is 0 Å². The molecule has 1 saturated carbocycles. The van der Waals surface area contributed by atoms with Crippen molar-refractivity contribution in [3.8, 4) is 0 Å². The van der Waals surface area contributed by atoms with E-state index in [4.69, 9.17) is 15.2 Å². The number of nitrogens with two attached hydrogens (primary N) is 1. The van der Waals surface area contributed by atoms with Gasteiger partial charge in [0.2, 0.25) is 11.8 Å². The molecule has 0 aromatic heterocycles. The van der Waals surface area contributed by atoms with E-state index in [1.165, 1.54) is 6.42 Å². The lowest BCUT2D eigenvalue weighted by Gasteiger charge is -2.25. The zero-order valence-corrected chi connectivity index (χ0v) is 17.4. The van der Waals surface area contributed by atoms with Crippen molar-refractivity contribution >= 4 is 17.6 Å². The molecule has 0 saturated heterocycles. The molecule has 1 aliphatic carbocycles. The van der Waals surface area contributed by atoms with Crippen LogP contribution < -0.4 is 11.1 Å². The Labute approximate surface area is 166 Å². The summed E-state index contributed by atoms with van der Waals surface area (Å²) in [5.74, 6) is 0.722. The van der Waals surface area contributed by atoms with Gasteiger partial charge in [0.1, 0.15) is 5.78 Å². The second kappa shape index (κ2) is 15.6. The van der Waals surface area contributed by atoms with Crippen LogP contribution in [0.5, 0.6) is 0 Å². The SMILES string of the molecule is CC(C)C(=O)C1CCC1.CCC(C)OCCC(=O)NCCOCCC(N)=O.[HH].[HH]. The minimum Gasteiger partial charge on any atom is -0.379 e. The second-order valence-corrected chi connectivity index (χ2v) is 7.20. The molecule has 0 aromatic carbocycles. The molecule has 162 valence electrons. The fraction of sp³-hybridized carbons (Fsp3) is 0.850. The van der Waals surface area contributed by atoms with Gasteiger partial charge in [-0.2, -0.15) is 0 Å². The topological polar surface area (TPSA) is 108 Å². The highest BCUT2D eigenvalue weighted by atomic mass is 16.5. The number of carbonyl (C=O) groups is 3. The quantitative estimate of drug-likeness (QED) is 0.470. The van der Waals surface area contributed by atoms with E-state index in [0.29, 0.717) is 44.5 Å². The third-order valence-corrected chi connectivity index (χ3v) is 4.44. The molecule has 1 aliphatic rings. The summed E-state index contributed by atoms with van der Waals surface area (Å²) in [5.41, 5.74) is 4.94. The molecule has 7 heteroatoms. The second-order valence-electron chi connectivity index (χ2n) is 7.20. The van der Waals surface area contributed by atoms with Crippen molar-refractivity contribution in [3.05, 3.63) is 0 Å². The lowest BCUT2D eigenvalue weighted by molar-refractivity contribution is -0.128. The highest BCUT2D eigenvalue weighted by Crippen LogP contribution is 2.29. The number of nitrogens with one attached hydrogen (secondary N) is 1. The maximum atomic E-state index is 11.3. The average Bonchev–Trinajstić information content (AvgIpc) is 2.56. The molecule has 1 unspecified atom stereocenters. The Morgan fingerprint density at radius 1 is 1.11 bits per heavy atom. The fourth-order valence-electron chi connectivity index (χ4n) is 2.26. The average molecular weight is 391 g/mol. The molecule has 0 aromatic rings. The Morgan fingerprint density at radius 2 is 1.78 bits per heavy atom. The molecule has 27 heavy (non-hydrogen) atoms. The van der Waals surface area contributed by atoms with Gasteiger partial charge in [-0.1, -0.05) is 27.2 Å². The highest BCUT2D eigenvalue weighted by molar-refractivity contribution is 5.83. The van der Waals surface area contributed by atoms with Gasteiger partial charge >= 0.3 is 0 Å². The number of ketones is 1. The van der Waals surface area contributed by atoms with Gasteiger partial charge < -0.3 is 20.5 Å². The first-order chi connectivity index (χ1) is 12.8. The van der Waals surface area contributed by atoms with E-state index in [0.717, 1.165) is 19.3 Å². The van der Waals surface area contributed by atoms with Crippen LogP contribution in [0.1, 0.15) is 69.1 Å². The molecule has 2 amide bonds. The van der Waals surface area contributed by atoms with Crippen LogP contribution in [0.15, 0.2) is 0 Å². The lowest BCUT2D eigenvalue weighted by atomic mass is 9.79. The summed E-state index contributed by atoms with van der Waals surface area (Å²) in [5, 5.41) is 2.70. The Hall–Kier alpha value is -1.47. The van der Waals surface area contributed by atoms with Gasteiger partial charge in [-0.15, -0.1) is 0 Å².